The van der Waals surface area contributed by atoms with E-state index < -0.39 is 15.7 Å². The maximum absolute atomic E-state index is 15.6. The molecule has 2 aromatic carbocycles. The number of amides is 1. The lowest BCUT2D eigenvalue weighted by molar-refractivity contribution is -0.134. The third-order valence-corrected chi connectivity index (χ3v) is 14.5. The van der Waals surface area contributed by atoms with Crippen molar-refractivity contribution in [2.45, 2.75) is 56.5 Å². The van der Waals surface area contributed by atoms with Crippen LogP contribution in [-0.2, 0) is 14.8 Å². The molecule has 16 heteroatoms. The van der Waals surface area contributed by atoms with Gasteiger partial charge >= 0.3 is 0 Å². The van der Waals surface area contributed by atoms with Crippen molar-refractivity contribution in [2.24, 2.45) is 5.41 Å². The Labute approximate surface area is 379 Å². The van der Waals surface area contributed by atoms with Crippen LogP contribution in [0.25, 0.3) is 16.6 Å². The molecule has 0 saturated carbocycles. The van der Waals surface area contributed by atoms with Crippen LogP contribution in [0.5, 0.6) is 17.4 Å². The van der Waals surface area contributed by atoms with Crippen molar-refractivity contribution in [2.75, 3.05) is 78.0 Å². The third kappa shape index (κ3) is 10.5. The predicted molar refractivity (Wildman–Crippen MR) is 246 cm³/mol. The quantitative estimate of drug-likeness (QED) is 0.114. The van der Waals surface area contributed by atoms with E-state index in [2.05, 4.69) is 51.8 Å². The standard InChI is InChI=1S/C47H54Cl2FN7O5S/c1-46(2)14-12-35(41(27-46)33-8-10-36(48)11-9-33)30-54-20-22-55(23-21-54)37-6-5-7-38(25-37)62-39-24-34-13-17-57(44(34)51-28-39)63(59,60)40-26-42(49)45(52-29-40)61-32-47(50)15-18-56(19-16-47)43(58)31-53(3)4/h5-11,13,17,24-26,28-29H,12,14-16,18-23,27,30-32H2,1-4H3. The lowest BCUT2D eigenvalue weighted by atomic mass is 9.72. The van der Waals surface area contributed by atoms with Crippen LogP contribution < -0.4 is 14.4 Å². The fraction of sp³-hybridized carbons (Fsp3) is 0.426. The number of piperidine rings is 1. The zero-order chi connectivity index (χ0) is 44.5. The monoisotopic (exact) mass is 917 g/mol. The van der Waals surface area contributed by atoms with Gasteiger partial charge in [-0.1, -0.05) is 60.8 Å². The summed E-state index contributed by atoms with van der Waals surface area (Å²) in [5.74, 6) is 0.975. The SMILES string of the molecule is CN(C)CC(=O)N1CCC(F)(COc2ncc(S(=O)(=O)n3ccc4cc(Oc5cccc(N6CCN(CC7=C(c8ccc(Cl)cc8)CC(C)(C)CC7)CC6)c5)cnc43)cc2Cl)CC1. The molecule has 3 aromatic heterocycles. The van der Waals surface area contributed by atoms with Crippen LogP contribution in [-0.4, -0.2) is 122 Å². The molecule has 2 saturated heterocycles. The molecule has 1 aliphatic carbocycles. The number of benzene rings is 2. The number of hydrogen-bond donors (Lipinski definition) is 0. The molecular weight excluding hydrogens is 865 g/mol. The molecule has 1 amide bonds. The normalized spacial score (nSPS) is 18.3. The number of aromatic nitrogens is 3. The minimum Gasteiger partial charge on any atom is -0.473 e. The Morgan fingerprint density at radius 1 is 0.889 bits per heavy atom. The summed E-state index contributed by atoms with van der Waals surface area (Å²) in [7, 11) is -0.557. The molecule has 3 aliphatic rings. The van der Waals surface area contributed by atoms with E-state index in [1.165, 1.54) is 41.6 Å². The Hall–Kier alpha value is -4.73. The average molecular weight is 919 g/mol. The first-order chi connectivity index (χ1) is 30.0. The maximum Gasteiger partial charge on any atom is 0.270 e. The van der Waals surface area contributed by atoms with Crippen LogP contribution in [0.1, 0.15) is 51.5 Å². The van der Waals surface area contributed by atoms with Crippen molar-refractivity contribution < 1.29 is 27.1 Å². The first-order valence-corrected chi connectivity index (χ1v) is 23.6. The van der Waals surface area contributed by atoms with Crippen molar-refractivity contribution in [3.05, 3.63) is 107 Å². The second-order valence-electron chi connectivity index (χ2n) is 18.0. The highest BCUT2D eigenvalue weighted by Crippen LogP contribution is 2.43. The summed E-state index contributed by atoms with van der Waals surface area (Å²) in [6, 6.07) is 20.9. The van der Waals surface area contributed by atoms with Gasteiger partial charge in [-0.25, -0.2) is 26.7 Å². The maximum atomic E-state index is 15.6. The van der Waals surface area contributed by atoms with Gasteiger partial charge in [-0.3, -0.25) is 9.69 Å². The molecule has 0 spiro atoms. The molecule has 5 aromatic rings. The smallest absolute Gasteiger partial charge is 0.270 e. The summed E-state index contributed by atoms with van der Waals surface area (Å²) >= 11 is 12.7. The van der Waals surface area contributed by atoms with Crippen molar-refractivity contribution in [1.29, 1.82) is 0 Å². The van der Waals surface area contributed by atoms with Crippen molar-refractivity contribution in [3.8, 4) is 17.4 Å². The van der Waals surface area contributed by atoms with Crippen molar-refractivity contribution >= 4 is 61.4 Å². The molecule has 2 fully saturated rings. The molecule has 8 rings (SSSR count). The number of piperazine rings is 1. The number of ether oxygens (including phenoxy) is 2. The minimum absolute atomic E-state index is 0.0522. The molecule has 12 nitrogen and oxygen atoms in total. The van der Waals surface area contributed by atoms with E-state index in [1.807, 2.05) is 44.4 Å². The van der Waals surface area contributed by atoms with Crippen LogP contribution in [0, 0.1) is 5.41 Å². The van der Waals surface area contributed by atoms with Gasteiger partial charge in [-0.05, 0) is 92.4 Å². The summed E-state index contributed by atoms with van der Waals surface area (Å²) in [4.78, 5) is 29.2. The highest BCUT2D eigenvalue weighted by Gasteiger charge is 2.37. The molecule has 5 heterocycles. The number of nitrogens with zero attached hydrogens (tertiary/aromatic N) is 7. The lowest BCUT2D eigenvalue weighted by Gasteiger charge is -2.39. The van der Waals surface area contributed by atoms with E-state index in [4.69, 9.17) is 32.7 Å². The Balaban J connectivity index is 0.875. The molecule has 0 bridgehead atoms. The van der Waals surface area contributed by atoms with Gasteiger partial charge in [0.2, 0.25) is 11.8 Å². The van der Waals surface area contributed by atoms with E-state index in [1.54, 1.807) is 21.9 Å². The van der Waals surface area contributed by atoms with Gasteiger partial charge in [-0.15, -0.1) is 0 Å². The number of halogens is 3. The molecular formula is C47H54Cl2FN7O5S. The van der Waals surface area contributed by atoms with Crippen LogP contribution in [0.4, 0.5) is 10.1 Å². The van der Waals surface area contributed by atoms with Gasteiger partial charge in [0.25, 0.3) is 10.0 Å². The second kappa shape index (κ2) is 18.4. The van der Waals surface area contributed by atoms with Gasteiger partial charge < -0.3 is 24.2 Å². The summed E-state index contributed by atoms with van der Waals surface area (Å²) < 4.78 is 56.2. The van der Waals surface area contributed by atoms with E-state index in [9.17, 15) is 13.2 Å². The van der Waals surface area contributed by atoms with Crippen molar-refractivity contribution in [1.82, 2.24) is 28.6 Å². The molecule has 334 valence electrons. The molecule has 0 radical (unpaired) electrons. The largest absolute Gasteiger partial charge is 0.473 e. The fourth-order valence-corrected chi connectivity index (χ4v) is 10.3. The van der Waals surface area contributed by atoms with Gasteiger partial charge in [0.1, 0.15) is 33.7 Å². The number of hydrogen-bond acceptors (Lipinski definition) is 10. The third-order valence-electron chi connectivity index (χ3n) is 12.3. The number of rotatable bonds is 13. The number of fused-ring (bicyclic) bond motifs is 1. The molecule has 0 N–H and O–H groups in total. The Morgan fingerprint density at radius 2 is 1.63 bits per heavy atom. The van der Waals surface area contributed by atoms with Crippen LogP contribution in [0.15, 0.2) is 95.8 Å². The number of allylic oxidation sites excluding steroid dienone is 1. The Bertz CT molecular complexity index is 2600. The highest BCUT2D eigenvalue weighted by molar-refractivity contribution is 7.90. The number of alkyl halides is 1. The first kappa shape index (κ1) is 44.9. The second-order valence-corrected chi connectivity index (χ2v) is 20.7. The summed E-state index contributed by atoms with van der Waals surface area (Å²) in [5, 5.41) is 1.24. The summed E-state index contributed by atoms with van der Waals surface area (Å²) in [6.07, 6.45) is 7.62. The topological polar surface area (TPSA) is 113 Å². The zero-order valence-electron chi connectivity index (χ0n) is 36.2. The van der Waals surface area contributed by atoms with Crippen LogP contribution in [0.3, 0.4) is 0 Å². The van der Waals surface area contributed by atoms with E-state index in [-0.39, 0.29) is 71.9 Å². The molecule has 63 heavy (non-hydrogen) atoms. The fourth-order valence-electron chi connectivity index (χ4n) is 8.65. The van der Waals surface area contributed by atoms with Gasteiger partial charge in [0, 0.05) is 87.0 Å². The number of pyridine rings is 2. The van der Waals surface area contributed by atoms with Gasteiger partial charge in [-0.2, -0.15) is 0 Å². The number of carbonyl (C=O) groups excluding carboxylic acids is 1. The minimum atomic E-state index is -4.18. The lowest BCUT2D eigenvalue weighted by Crippen LogP contribution is -2.49. The number of anilines is 1. The Kier molecular flexibility index (Phi) is 13.1. The van der Waals surface area contributed by atoms with E-state index in [0.717, 1.165) is 66.4 Å². The predicted octanol–water partition coefficient (Wildman–Crippen LogP) is 8.82. The first-order valence-electron chi connectivity index (χ1n) is 21.4. The summed E-state index contributed by atoms with van der Waals surface area (Å²) in [6.45, 7) is 9.87. The molecule has 0 unspecified atom stereocenters. The number of carbonyl (C=O) groups is 1. The molecule has 2 aliphatic heterocycles. The van der Waals surface area contributed by atoms with E-state index in [0.29, 0.717) is 16.9 Å². The zero-order valence-corrected chi connectivity index (χ0v) is 38.5. The highest BCUT2D eigenvalue weighted by atomic mass is 35.5. The number of likely N-dealkylation sites (N-methyl/N-ethyl adjacent to an activating group) is 1. The summed E-state index contributed by atoms with van der Waals surface area (Å²) in [5.41, 5.74) is 4.15. The van der Waals surface area contributed by atoms with Crippen LogP contribution >= 0.6 is 23.2 Å². The van der Waals surface area contributed by atoms with Crippen LogP contribution in [0.2, 0.25) is 10.0 Å². The molecule has 0 atom stereocenters. The van der Waals surface area contributed by atoms with Crippen molar-refractivity contribution in [3.63, 3.8) is 0 Å². The van der Waals surface area contributed by atoms with Gasteiger partial charge in [0.05, 0.1) is 18.9 Å². The average Bonchev–Trinajstić information content (AvgIpc) is 3.69. The Morgan fingerprint density at radius 3 is 2.35 bits per heavy atom. The van der Waals surface area contributed by atoms with Gasteiger partial charge in [0.15, 0.2) is 5.65 Å². The number of likely N-dealkylation sites (tertiary alicyclic amines) is 1. The van der Waals surface area contributed by atoms with E-state index >= 15 is 4.39 Å².